The number of fused-ring (bicyclic) bond motifs is 1. The van der Waals surface area contributed by atoms with Crippen molar-refractivity contribution in [2.75, 3.05) is 5.32 Å². The minimum Gasteiger partial charge on any atom is -0.375 e. The van der Waals surface area contributed by atoms with Crippen molar-refractivity contribution in [2.45, 2.75) is 13.0 Å². The summed E-state index contributed by atoms with van der Waals surface area (Å²) in [7, 11) is 0. The molecule has 4 heteroatoms. The molecule has 0 saturated carbocycles. The Bertz CT molecular complexity index is 718. The molecule has 0 radical (unpaired) electrons. The summed E-state index contributed by atoms with van der Waals surface area (Å²) < 4.78 is 28.0. The molecular formula is C16H13F2NS. The van der Waals surface area contributed by atoms with E-state index in [1.165, 1.54) is 16.2 Å². The average Bonchev–Trinajstić information content (AvgIpc) is 2.88. The largest absolute Gasteiger partial charge is 0.375 e. The first kappa shape index (κ1) is 13.1. The number of hydrogen-bond donors (Lipinski definition) is 1. The van der Waals surface area contributed by atoms with Crippen molar-refractivity contribution in [3.63, 3.8) is 0 Å². The van der Waals surface area contributed by atoms with Crippen LogP contribution in [0.2, 0.25) is 0 Å². The van der Waals surface area contributed by atoms with Crippen LogP contribution < -0.4 is 5.32 Å². The topological polar surface area (TPSA) is 12.0 Å². The maximum absolute atomic E-state index is 13.6. The van der Waals surface area contributed by atoms with Crippen molar-refractivity contribution in [1.82, 2.24) is 0 Å². The molecule has 1 nitrogen and oxygen atoms in total. The molecule has 0 spiro atoms. The quantitative estimate of drug-likeness (QED) is 0.685. The third-order valence-corrected chi connectivity index (χ3v) is 4.49. The van der Waals surface area contributed by atoms with E-state index < -0.39 is 11.6 Å². The molecule has 20 heavy (non-hydrogen) atoms. The van der Waals surface area contributed by atoms with Gasteiger partial charge in [-0.1, -0.05) is 24.3 Å². The van der Waals surface area contributed by atoms with E-state index in [4.69, 9.17) is 0 Å². The van der Waals surface area contributed by atoms with Gasteiger partial charge in [0.05, 0.1) is 11.7 Å². The molecule has 0 aliphatic heterocycles. The molecule has 0 amide bonds. The lowest BCUT2D eigenvalue weighted by molar-refractivity contribution is 0.510. The van der Waals surface area contributed by atoms with E-state index in [0.29, 0.717) is 0 Å². The van der Waals surface area contributed by atoms with Crippen molar-refractivity contribution < 1.29 is 8.78 Å². The van der Waals surface area contributed by atoms with Gasteiger partial charge in [0.2, 0.25) is 0 Å². The van der Waals surface area contributed by atoms with Gasteiger partial charge in [-0.05, 0) is 36.6 Å². The van der Waals surface area contributed by atoms with E-state index in [9.17, 15) is 8.78 Å². The fourth-order valence-corrected chi connectivity index (χ4v) is 3.20. The second-order valence-corrected chi connectivity index (χ2v) is 5.77. The third-order valence-electron chi connectivity index (χ3n) is 3.19. The highest BCUT2D eigenvalue weighted by molar-refractivity contribution is 7.19. The van der Waals surface area contributed by atoms with Crippen LogP contribution in [0.3, 0.4) is 0 Å². The molecule has 0 aliphatic carbocycles. The lowest BCUT2D eigenvalue weighted by Gasteiger charge is -2.14. The van der Waals surface area contributed by atoms with Gasteiger partial charge in [0.1, 0.15) is 0 Å². The standard InChI is InChI=1S/C16H13F2NS/c1-10(19-13-7-4-6-12(17)16(13)18)15-9-11-5-2-3-8-14(11)20-15/h2-10,19H,1H3. The van der Waals surface area contributed by atoms with Crippen LogP contribution in [0.1, 0.15) is 17.8 Å². The van der Waals surface area contributed by atoms with Crippen LogP contribution in [0.5, 0.6) is 0 Å². The van der Waals surface area contributed by atoms with Crippen LogP contribution in [0, 0.1) is 11.6 Å². The molecule has 2 aromatic carbocycles. The van der Waals surface area contributed by atoms with Gasteiger partial charge in [-0.3, -0.25) is 0 Å². The van der Waals surface area contributed by atoms with Crippen molar-refractivity contribution in [1.29, 1.82) is 0 Å². The van der Waals surface area contributed by atoms with Crippen LogP contribution in [-0.4, -0.2) is 0 Å². The second-order valence-electron chi connectivity index (χ2n) is 4.65. The molecule has 1 heterocycles. The Hall–Kier alpha value is -1.94. The number of rotatable bonds is 3. The van der Waals surface area contributed by atoms with Crippen molar-refractivity contribution >= 4 is 27.1 Å². The van der Waals surface area contributed by atoms with Gasteiger partial charge in [-0.25, -0.2) is 8.78 Å². The lowest BCUT2D eigenvalue weighted by Crippen LogP contribution is -2.07. The first-order valence-corrected chi connectivity index (χ1v) is 7.16. The Labute approximate surface area is 119 Å². The summed E-state index contributed by atoms with van der Waals surface area (Å²) in [5.41, 5.74) is 0.190. The highest BCUT2D eigenvalue weighted by Crippen LogP contribution is 2.32. The maximum Gasteiger partial charge on any atom is 0.181 e. The number of thiophene rings is 1. The van der Waals surface area contributed by atoms with Gasteiger partial charge < -0.3 is 5.32 Å². The van der Waals surface area contributed by atoms with Gasteiger partial charge >= 0.3 is 0 Å². The maximum atomic E-state index is 13.6. The number of benzene rings is 2. The molecule has 0 aliphatic rings. The SMILES string of the molecule is CC(Nc1cccc(F)c1F)c1cc2ccccc2s1. The third kappa shape index (κ3) is 2.39. The normalized spacial score (nSPS) is 12.6. The molecule has 3 rings (SSSR count). The van der Waals surface area contributed by atoms with Crippen LogP contribution in [-0.2, 0) is 0 Å². The van der Waals surface area contributed by atoms with Gasteiger partial charge in [0.15, 0.2) is 11.6 Å². The zero-order chi connectivity index (χ0) is 14.1. The summed E-state index contributed by atoms with van der Waals surface area (Å²) in [6, 6.07) is 14.2. The second kappa shape index (κ2) is 5.21. The molecule has 1 aromatic heterocycles. The van der Waals surface area contributed by atoms with Crippen molar-refractivity contribution in [3.05, 3.63) is 65.0 Å². The van der Waals surface area contributed by atoms with Crippen LogP contribution in [0.15, 0.2) is 48.5 Å². The summed E-state index contributed by atoms with van der Waals surface area (Å²) >= 11 is 1.66. The summed E-state index contributed by atoms with van der Waals surface area (Å²) in [6.07, 6.45) is 0. The summed E-state index contributed by atoms with van der Waals surface area (Å²) in [6.45, 7) is 1.94. The Kier molecular flexibility index (Phi) is 3.40. The van der Waals surface area contributed by atoms with Gasteiger partial charge in [0, 0.05) is 9.58 Å². The molecule has 1 N–H and O–H groups in total. The Balaban J connectivity index is 1.89. The zero-order valence-corrected chi connectivity index (χ0v) is 11.7. The highest BCUT2D eigenvalue weighted by Gasteiger charge is 2.13. The van der Waals surface area contributed by atoms with E-state index in [1.54, 1.807) is 17.4 Å². The van der Waals surface area contributed by atoms with E-state index in [1.807, 2.05) is 25.1 Å². The number of nitrogens with one attached hydrogen (secondary N) is 1. The highest BCUT2D eigenvalue weighted by atomic mass is 32.1. The monoisotopic (exact) mass is 289 g/mol. The molecule has 102 valence electrons. The molecule has 0 saturated heterocycles. The van der Waals surface area contributed by atoms with E-state index in [2.05, 4.69) is 17.4 Å². The predicted octanol–water partition coefficient (Wildman–Crippen LogP) is 5.35. The number of anilines is 1. The van der Waals surface area contributed by atoms with Gasteiger partial charge in [0.25, 0.3) is 0 Å². The van der Waals surface area contributed by atoms with Gasteiger partial charge in [-0.2, -0.15) is 0 Å². The Morgan fingerprint density at radius 2 is 1.85 bits per heavy atom. The Morgan fingerprint density at radius 1 is 1.05 bits per heavy atom. The van der Waals surface area contributed by atoms with E-state index >= 15 is 0 Å². The Morgan fingerprint density at radius 3 is 2.65 bits per heavy atom. The van der Waals surface area contributed by atoms with E-state index in [-0.39, 0.29) is 11.7 Å². The zero-order valence-electron chi connectivity index (χ0n) is 10.9. The predicted molar refractivity (Wildman–Crippen MR) is 80.2 cm³/mol. The number of halogens is 2. The lowest BCUT2D eigenvalue weighted by atomic mass is 10.2. The van der Waals surface area contributed by atoms with Crippen LogP contribution in [0.4, 0.5) is 14.5 Å². The van der Waals surface area contributed by atoms with Crippen LogP contribution >= 0.6 is 11.3 Å². The molecule has 0 bridgehead atoms. The molecular weight excluding hydrogens is 276 g/mol. The first-order chi connectivity index (χ1) is 9.65. The molecule has 1 atom stereocenters. The number of hydrogen-bond acceptors (Lipinski definition) is 2. The minimum absolute atomic E-state index is 0.0799. The van der Waals surface area contributed by atoms with Crippen molar-refractivity contribution in [3.8, 4) is 0 Å². The fourth-order valence-electron chi connectivity index (χ4n) is 2.14. The van der Waals surface area contributed by atoms with Crippen molar-refractivity contribution in [2.24, 2.45) is 0 Å². The molecule has 1 unspecified atom stereocenters. The van der Waals surface area contributed by atoms with Crippen LogP contribution in [0.25, 0.3) is 10.1 Å². The summed E-state index contributed by atoms with van der Waals surface area (Å²) in [5, 5.41) is 4.19. The molecule has 0 fully saturated rings. The first-order valence-electron chi connectivity index (χ1n) is 6.34. The fraction of sp³-hybridized carbons (Fsp3) is 0.125. The summed E-state index contributed by atoms with van der Waals surface area (Å²) in [4.78, 5) is 1.09. The minimum atomic E-state index is -0.835. The van der Waals surface area contributed by atoms with E-state index in [0.717, 1.165) is 10.9 Å². The van der Waals surface area contributed by atoms with Gasteiger partial charge in [-0.15, -0.1) is 11.3 Å². The summed E-state index contributed by atoms with van der Waals surface area (Å²) in [5.74, 6) is -1.67. The smallest absolute Gasteiger partial charge is 0.181 e. The molecule has 3 aromatic rings. The average molecular weight is 289 g/mol.